The summed E-state index contributed by atoms with van der Waals surface area (Å²) in [4.78, 5) is 17.2. The molecule has 9 nitrogen and oxygen atoms in total. The van der Waals surface area contributed by atoms with Crippen LogP contribution in [0.5, 0.6) is 5.19 Å². The monoisotopic (exact) mass is 525 g/mol. The molecule has 1 unspecified atom stereocenters. The Morgan fingerprint density at radius 1 is 1.03 bits per heavy atom. The third-order valence-electron chi connectivity index (χ3n) is 6.95. The SMILES string of the molecule is CC(Oc1nc2ccc(-c3ccc(S(C)(=O)=O)cc3)nc2s1)C1CCN(c2nc(C3CC3)no2)CC1. The van der Waals surface area contributed by atoms with Crippen LogP contribution < -0.4 is 9.64 Å². The largest absolute Gasteiger partial charge is 0.467 e. The van der Waals surface area contributed by atoms with Crippen molar-refractivity contribution in [3.05, 3.63) is 42.2 Å². The predicted molar refractivity (Wildman–Crippen MR) is 137 cm³/mol. The second kappa shape index (κ2) is 9.11. The minimum Gasteiger partial charge on any atom is -0.467 e. The molecular formula is C25H27N5O4S2. The van der Waals surface area contributed by atoms with Crippen molar-refractivity contribution in [1.82, 2.24) is 20.1 Å². The summed E-state index contributed by atoms with van der Waals surface area (Å²) in [7, 11) is -3.23. The minimum atomic E-state index is -3.23. The van der Waals surface area contributed by atoms with Gasteiger partial charge in [0.2, 0.25) is 0 Å². The van der Waals surface area contributed by atoms with Gasteiger partial charge in [-0.05, 0) is 62.8 Å². The van der Waals surface area contributed by atoms with E-state index in [2.05, 4.69) is 26.9 Å². The number of ether oxygens (including phenoxy) is 1. The van der Waals surface area contributed by atoms with Crippen molar-refractivity contribution in [3.8, 4) is 16.5 Å². The number of sulfone groups is 1. The van der Waals surface area contributed by atoms with E-state index in [-0.39, 0.29) is 6.10 Å². The van der Waals surface area contributed by atoms with Crippen LogP contribution in [-0.2, 0) is 9.84 Å². The van der Waals surface area contributed by atoms with Gasteiger partial charge in [0, 0.05) is 30.8 Å². The Balaban J connectivity index is 1.09. The summed E-state index contributed by atoms with van der Waals surface area (Å²) in [6.45, 7) is 3.84. The van der Waals surface area contributed by atoms with Crippen molar-refractivity contribution >= 4 is 37.5 Å². The fourth-order valence-electron chi connectivity index (χ4n) is 4.56. The van der Waals surface area contributed by atoms with Crippen LogP contribution in [0.4, 0.5) is 6.01 Å². The molecule has 188 valence electrons. The quantitative estimate of drug-likeness (QED) is 0.339. The van der Waals surface area contributed by atoms with Crippen molar-refractivity contribution < 1.29 is 17.7 Å². The average Bonchev–Trinajstić information content (AvgIpc) is 3.46. The summed E-state index contributed by atoms with van der Waals surface area (Å²) in [6.07, 6.45) is 5.53. The van der Waals surface area contributed by atoms with Crippen molar-refractivity contribution in [2.75, 3.05) is 24.2 Å². The van der Waals surface area contributed by atoms with Crippen LogP contribution in [0, 0.1) is 5.92 Å². The first-order chi connectivity index (χ1) is 17.3. The van der Waals surface area contributed by atoms with Gasteiger partial charge in [-0.3, -0.25) is 0 Å². The van der Waals surface area contributed by atoms with Crippen LogP contribution in [0.1, 0.15) is 44.3 Å². The van der Waals surface area contributed by atoms with Crippen molar-refractivity contribution in [3.63, 3.8) is 0 Å². The number of aromatic nitrogens is 4. The number of fused-ring (bicyclic) bond motifs is 1. The number of hydrogen-bond donors (Lipinski definition) is 0. The summed E-state index contributed by atoms with van der Waals surface area (Å²) in [5.74, 6) is 1.76. The van der Waals surface area contributed by atoms with E-state index in [1.165, 1.54) is 17.6 Å². The molecule has 0 bridgehead atoms. The van der Waals surface area contributed by atoms with Crippen LogP contribution in [0.2, 0.25) is 0 Å². The highest BCUT2D eigenvalue weighted by atomic mass is 32.2. The van der Waals surface area contributed by atoms with Crippen molar-refractivity contribution in [2.45, 2.75) is 49.5 Å². The smallest absolute Gasteiger partial charge is 0.324 e. The van der Waals surface area contributed by atoms with E-state index in [0.717, 1.165) is 66.2 Å². The van der Waals surface area contributed by atoms with Gasteiger partial charge in [0.15, 0.2) is 15.7 Å². The fraction of sp³-hybridized carbons (Fsp3) is 0.440. The predicted octanol–water partition coefficient (Wildman–Crippen LogP) is 4.71. The summed E-state index contributed by atoms with van der Waals surface area (Å²) >= 11 is 1.43. The number of nitrogens with zero attached hydrogens (tertiary/aromatic N) is 5. The zero-order valence-corrected chi connectivity index (χ0v) is 21.8. The molecule has 2 fully saturated rings. The van der Waals surface area contributed by atoms with Gasteiger partial charge in [-0.25, -0.2) is 18.4 Å². The maximum atomic E-state index is 11.7. The number of hydrogen-bond acceptors (Lipinski definition) is 10. The molecular weight excluding hydrogens is 498 g/mol. The van der Waals surface area contributed by atoms with Gasteiger partial charge in [0.25, 0.3) is 5.19 Å². The molecule has 0 N–H and O–H groups in total. The van der Waals surface area contributed by atoms with Gasteiger partial charge in [0.05, 0.1) is 10.6 Å². The summed E-state index contributed by atoms with van der Waals surface area (Å²) in [5, 5.41) is 4.75. The highest BCUT2D eigenvalue weighted by molar-refractivity contribution is 7.90. The Labute approximate surface area is 213 Å². The van der Waals surface area contributed by atoms with Crippen LogP contribution in [0.25, 0.3) is 21.6 Å². The molecule has 2 aliphatic rings. The molecule has 4 heterocycles. The van der Waals surface area contributed by atoms with Crippen LogP contribution in [-0.4, -0.2) is 54.0 Å². The molecule has 1 atom stereocenters. The Hall–Kier alpha value is -3.05. The normalized spacial score (nSPS) is 18.0. The summed E-state index contributed by atoms with van der Waals surface area (Å²) < 4.78 is 35.2. The van der Waals surface area contributed by atoms with E-state index in [0.29, 0.717) is 27.9 Å². The van der Waals surface area contributed by atoms with Crippen LogP contribution >= 0.6 is 11.3 Å². The number of thiazole rings is 1. The maximum Gasteiger partial charge on any atom is 0.324 e. The topological polar surface area (TPSA) is 111 Å². The van der Waals surface area contributed by atoms with Gasteiger partial charge < -0.3 is 14.2 Å². The van der Waals surface area contributed by atoms with Crippen LogP contribution in [0.3, 0.4) is 0 Å². The van der Waals surface area contributed by atoms with Crippen LogP contribution in [0.15, 0.2) is 45.8 Å². The van der Waals surface area contributed by atoms with Gasteiger partial charge >= 0.3 is 6.01 Å². The van der Waals surface area contributed by atoms with Gasteiger partial charge in [0.1, 0.15) is 16.5 Å². The zero-order chi connectivity index (χ0) is 24.9. The second-order valence-corrected chi connectivity index (χ2v) is 12.6. The molecule has 0 spiro atoms. The zero-order valence-electron chi connectivity index (χ0n) is 20.1. The van der Waals surface area contributed by atoms with E-state index in [1.807, 2.05) is 12.1 Å². The van der Waals surface area contributed by atoms with Gasteiger partial charge in [-0.15, -0.1) is 0 Å². The molecule has 6 rings (SSSR count). The molecule has 1 aliphatic carbocycles. The lowest BCUT2D eigenvalue weighted by Crippen LogP contribution is -2.38. The molecule has 1 aromatic carbocycles. The molecule has 0 radical (unpaired) electrons. The molecule has 11 heteroatoms. The number of anilines is 1. The lowest BCUT2D eigenvalue weighted by atomic mass is 9.92. The standard InChI is InChI=1S/C25H27N5O4S2/c1-15(16-11-13-30(14-12-16)24-28-22(29-34-24)18-3-4-18)33-25-27-21-10-9-20(26-23(21)35-25)17-5-7-19(8-6-17)36(2,31)32/h5-10,15-16,18H,3-4,11-14H2,1-2H3. The van der Waals surface area contributed by atoms with E-state index in [1.54, 1.807) is 24.3 Å². The Bertz CT molecular complexity index is 1490. The molecule has 1 saturated carbocycles. The van der Waals surface area contributed by atoms with E-state index < -0.39 is 9.84 Å². The number of piperidine rings is 1. The molecule has 1 saturated heterocycles. The third kappa shape index (κ3) is 4.81. The Morgan fingerprint density at radius 3 is 2.47 bits per heavy atom. The lowest BCUT2D eigenvalue weighted by molar-refractivity contribution is 0.131. The maximum absolute atomic E-state index is 11.7. The molecule has 4 aromatic rings. The fourth-order valence-corrected chi connectivity index (χ4v) is 6.06. The average molecular weight is 526 g/mol. The van der Waals surface area contributed by atoms with E-state index in [4.69, 9.17) is 14.2 Å². The first-order valence-electron chi connectivity index (χ1n) is 12.2. The molecule has 36 heavy (non-hydrogen) atoms. The van der Waals surface area contributed by atoms with Crippen molar-refractivity contribution in [1.29, 1.82) is 0 Å². The summed E-state index contributed by atoms with van der Waals surface area (Å²) in [6, 6.07) is 11.2. The van der Waals surface area contributed by atoms with E-state index >= 15 is 0 Å². The lowest BCUT2D eigenvalue weighted by Gasteiger charge is -2.33. The molecule has 0 amide bonds. The first-order valence-corrected chi connectivity index (χ1v) is 14.9. The summed E-state index contributed by atoms with van der Waals surface area (Å²) in [5.41, 5.74) is 2.41. The number of rotatable bonds is 7. The minimum absolute atomic E-state index is 0.0282. The number of benzene rings is 1. The molecule has 1 aliphatic heterocycles. The third-order valence-corrected chi connectivity index (χ3v) is 8.93. The van der Waals surface area contributed by atoms with E-state index in [9.17, 15) is 8.42 Å². The highest BCUT2D eigenvalue weighted by Gasteiger charge is 2.32. The van der Waals surface area contributed by atoms with Crippen molar-refractivity contribution in [2.24, 2.45) is 5.92 Å². The highest BCUT2D eigenvalue weighted by Crippen LogP contribution is 2.39. The Kier molecular flexibility index (Phi) is 5.91. The second-order valence-electron chi connectivity index (χ2n) is 9.65. The van der Waals surface area contributed by atoms with Gasteiger partial charge in [-0.2, -0.15) is 4.98 Å². The number of pyridine rings is 1. The van der Waals surface area contributed by atoms with Gasteiger partial charge in [-0.1, -0.05) is 28.6 Å². The Morgan fingerprint density at radius 2 is 1.78 bits per heavy atom. The molecule has 3 aromatic heterocycles. The first kappa shape index (κ1) is 23.4.